The van der Waals surface area contributed by atoms with Crippen molar-refractivity contribution in [2.45, 2.75) is 19.9 Å². The first-order chi connectivity index (χ1) is 12.0. The Kier molecular flexibility index (Phi) is 6.96. The van der Waals surface area contributed by atoms with Gasteiger partial charge in [0, 0.05) is 22.3 Å². The van der Waals surface area contributed by atoms with Gasteiger partial charge < -0.3 is 19.9 Å². The van der Waals surface area contributed by atoms with Crippen LogP contribution in [0.15, 0.2) is 34.8 Å². The maximum absolute atomic E-state index is 11.0. The molecule has 2 rings (SSSR count). The van der Waals surface area contributed by atoms with Crippen LogP contribution in [0, 0.1) is 0 Å². The minimum Gasteiger partial charge on any atom is -0.493 e. The number of halogens is 2. The van der Waals surface area contributed by atoms with Crippen molar-refractivity contribution in [3.05, 3.63) is 51.0 Å². The molecule has 2 aromatic rings. The predicted molar refractivity (Wildman–Crippen MR) is 102 cm³/mol. The monoisotopic (exact) mass is 427 g/mol. The zero-order valence-electron chi connectivity index (χ0n) is 13.9. The number of carboxylic acids is 1. The third-order valence-electron chi connectivity index (χ3n) is 3.45. The molecule has 7 heteroatoms. The van der Waals surface area contributed by atoms with E-state index in [0.29, 0.717) is 24.7 Å². The summed E-state index contributed by atoms with van der Waals surface area (Å²) in [7, 11) is 1.60. The number of carboxylic acid groups (broad SMARTS) is 1. The van der Waals surface area contributed by atoms with Gasteiger partial charge in [0.15, 0.2) is 11.5 Å². The predicted octanol–water partition coefficient (Wildman–Crippen LogP) is 5.21. The van der Waals surface area contributed by atoms with Gasteiger partial charge >= 0.3 is 5.97 Å². The third-order valence-corrected chi connectivity index (χ3v) is 4.22. The SMILES string of the molecule is CCCOc1c(CNc2ccc(C(=O)O)c(Cl)c2)cc(Br)cc1OC. The molecule has 0 amide bonds. The van der Waals surface area contributed by atoms with Gasteiger partial charge in [0.2, 0.25) is 0 Å². The first kappa shape index (κ1) is 19.4. The summed E-state index contributed by atoms with van der Waals surface area (Å²) in [6, 6.07) is 8.55. The molecular weight excluding hydrogens is 410 g/mol. The van der Waals surface area contributed by atoms with E-state index in [-0.39, 0.29) is 10.6 Å². The van der Waals surface area contributed by atoms with Gasteiger partial charge in [-0.1, -0.05) is 34.5 Å². The van der Waals surface area contributed by atoms with Crippen molar-refractivity contribution in [2.75, 3.05) is 19.0 Å². The van der Waals surface area contributed by atoms with Gasteiger partial charge in [-0.2, -0.15) is 0 Å². The second-order valence-electron chi connectivity index (χ2n) is 5.30. The van der Waals surface area contributed by atoms with E-state index < -0.39 is 5.97 Å². The third kappa shape index (κ3) is 5.03. The number of nitrogens with one attached hydrogen (secondary N) is 1. The summed E-state index contributed by atoms with van der Waals surface area (Å²) in [6.45, 7) is 3.09. The second-order valence-corrected chi connectivity index (χ2v) is 6.62. The average Bonchev–Trinajstić information content (AvgIpc) is 2.58. The van der Waals surface area contributed by atoms with Crippen LogP contribution in [0.2, 0.25) is 5.02 Å². The van der Waals surface area contributed by atoms with E-state index in [2.05, 4.69) is 21.2 Å². The molecule has 0 aliphatic carbocycles. The number of aromatic carboxylic acids is 1. The van der Waals surface area contributed by atoms with E-state index in [9.17, 15) is 4.79 Å². The average molecular weight is 429 g/mol. The van der Waals surface area contributed by atoms with Gasteiger partial charge in [-0.3, -0.25) is 0 Å². The van der Waals surface area contributed by atoms with Crippen molar-refractivity contribution in [3.8, 4) is 11.5 Å². The molecule has 0 heterocycles. The number of methoxy groups -OCH3 is 1. The van der Waals surface area contributed by atoms with Gasteiger partial charge in [-0.15, -0.1) is 0 Å². The molecular formula is C18H19BrClNO4. The summed E-state index contributed by atoms with van der Waals surface area (Å²) in [5, 5.41) is 12.4. The van der Waals surface area contributed by atoms with Crippen molar-refractivity contribution in [1.29, 1.82) is 0 Å². The Hall–Kier alpha value is -1.92. The highest BCUT2D eigenvalue weighted by atomic mass is 79.9. The van der Waals surface area contributed by atoms with Crippen molar-refractivity contribution < 1.29 is 19.4 Å². The highest BCUT2D eigenvalue weighted by molar-refractivity contribution is 9.10. The second kappa shape index (κ2) is 8.97. The molecule has 0 aliphatic rings. The molecule has 0 radical (unpaired) electrons. The van der Waals surface area contributed by atoms with E-state index in [4.69, 9.17) is 26.2 Å². The summed E-state index contributed by atoms with van der Waals surface area (Å²) in [5.74, 6) is 0.288. The van der Waals surface area contributed by atoms with Crippen LogP contribution in [0.25, 0.3) is 0 Å². The Labute approximate surface area is 160 Å². The summed E-state index contributed by atoms with van der Waals surface area (Å²) in [4.78, 5) is 11.0. The van der Waals surface area contributed by atoms with Crippen LogP contribution >= 0.6 is 27.5 Å². The molecule has 2 aromatic carbocycles. The molecule has 25 heavy (non-hydrogen) atoms. The molecule has 0 saturated carbocycles. The number of hydrogen-bond acceptors (Lipinski definition) is 4. The normalized spacial score (nSPS) is 10.4. The summed E-state index contributed by atoms with van der Waals surface area (Å²) in [5.41, 5.74) is 1.71. The van der Waals surface area contributed by atoms with Gasteiger partial charge in [-0.25, -0.2) is 4.79 Å². The van der Waals surface area contributed by atoms with Crippen LogP contribution < -0.4 is 14.8 Å². The molecule has 0 atom stereocenters. The van der Waals surface area contributed by atoms with E-state index in [1.165, 1.54) is 6.07 Å². The quantitative estimate of drug-likeness (QED) is 0.604. The smallest absolute Gasteiger partial charge is 0.337 e. The van der Waals surface area contributed by atoms with Crippen LogP contribution in [-0.4, -0.2) is 24.8 Å². The molecule has 134 valence electrons. The molecule has 0 bridgehead atoms. The molecule has 0 spiro atoms. The van der Waals surface area contributed by atoms with E-state index in [1.54, 1.807) is 19.2 Å². The van der Waals surface area contributed by atoms with Crippen LogP contribution in [0.3, 0.4) is 0 Å². The van der Waals surface area contributed by atoms with Crippen LogP contribution in [0.5, 0.6) is 11.5 Å². The first-order valence-electron chi connectivity index (χ1n) is 7.72. The Morgan fingerprint density at radius 3 is 2.68 bits per heavy atom. The molecule has 5 nitrogen and oxygen atoms in total. The lowest BCUT2D eigenvalue weighted by Crippen LogP contribution is -2.06. The highest BCUT2D eigenvalue weighted by Gasteiger charge is 2.13. The van der Waals surface area contributed by atoms with Crippen molar-refractivity contribution >= 4 is 39.2 Å². The minimum atomic E-state index is -1.05. The molecule has 0 saturated heterocycles. The summed E-state index contributed by atoms with van der Waals surface area (Å²) in [6.07, 6.45) is 0.887. The fraction of sp³-hybridized carbons (Fsp3) is 0.278. The lowest BCUT2D eigenvalue weighted by atomic mass is 10.1. The maximum atomic E-state index is 11.0. The standard InChI is InChI=1S/C18H19BrClNO4/c1-3-6-25-17-11(7-12(19)8-16(17)24-2)10-21-13-4-5-14(18(22)23)15(20)9-13/h4-5,7-9,21H,3,6,10H2,1-2H3,(H,22,23). The van der Waals surface area contributed by atoms with Gasteiger partial charge in [0.25, 0.3) is 0 Å². The Bertz CT molecular complexity index is 767. The van der Waals surface area contributed by atoms with Crippen LogP contribution in [0.1, 0.15) is 29.3 Å². The molecule has 0 fully saturated rings. The van der Waals surface area contributed by atoms with Crippen molar-refractivity contribution in [3.63, 3.8) is 0 Å². The van der Waals surface area contributed by atoms with Crippen molar-refractivity contribution in [1.82, 2.24) is 0 Å². The van der Waals surface area contributed by atoms with E-state index in [0.717, 1.165) is 22.1 Å². The van der Waals surface area contributed by atoms with Crippen molar-refractivity contribution in [2.24, 2.45) is 0 Å². The largest absolute Gasteiger partial charge is 0.493 e. The van der Waals surface area contributed by atoms with Crippen LogP contribution in [0.4, 0.5) is 5.69 Å². The summed E-state index contributed by atoms with van der Waals surface area (Å²) >= 11 is 9.48. The number of anilines is 1. The van der Waals surface area contributed by atoms with Gasteiger partial charge in [-0.05, 0) is 36.8 Å². The van der Waals surface area contributed by atoms with E-state index in [1.807, 2.05) is 19.1 Å². The molecule has 0 aliphatic heterocycles. The minimum absolute atomic E-state index is 0.0725. The zero-order chi connectivity index (χ0) is 18.4. The Balaban J connectivity index is 2.23. The zero-order valence-corrected chi connectivity index (χ0v) is 16.3. The number of ether oxygens (including phenoxy) is 2. The molecule has 0 unspecified atom stereocenters. The highest BCUT2D eigenvalue weighted by Crippen LogP contribution is 2.35. The topological polar surface area (TPSA) is 67.8 Å². The molecule has 0 aromatic heterocycles. The fourth-order valence-corrected chi connectivity index (χ4v) is 3.01. The number of carbonyl (C=O) groups is 1. The van der Waals surface area contributed by atoms with Gasteiger partial charge in [0.1, 0.15) is 0 Å². The Morgan fingerprint density at radius 1 is 1.32 bits per heavy atom. The lowest BCUT2D eigenvalue weighted by Gasteiger charge is -2.16. The lowest BCUT2D eigenvalue weighted by molar-refractivity contribution is 0.0697. The van der Waals surface area contributed by atoms with Gasteiger partial charge in [0.05, 0.1) is 24.3 Å². The number of hydrogen-bond donors (Lipinski definition) is 2. The molecule has 2 N–H and O–H groups in total. The fourth-order valence-electron chi connectivity index (χ4n) is 2.27. The first-order valence-corrected chi connectivity index (χ1v) is 8.89. The summed E-state index contributed by atoms with van der Waals surface area (Å²) < 4.78 is 12.1. The van der Waals surface area contributed by atoms with Crippen LogP contribution in [-0.2, 0) is 6.54 Å². The van der Waals surface area contributed by atoms with E-state index >= 15 is 0 Å². The number of benzene rings is 2. The Morgan fingerprint density at radius 2 is 2.08 bits per heavy atom. The number of rotatable bonds is 8. The maximum Gasteiger partial charge on any atom is 0.337 e.